The molecule has 1 N–H and O–H groups in total. The van der Waals surface area contributed by atoms with Crippen LogP contribution in [0.15, 0.2) is 36.2 Å². The van der Waals surface area contributed by atoms with Gasteiger partial charge in [-0.15, -0.1) is 0 Å². The van der Waals surface area contributed by atoms with Gasteiger partial charge in [0.25, 0.3) is 0 Å². The highest BCUT2D eigenvalue weighted by Gasteiger charge is 2.51. The molecule has 82 valence electrons. The Morgan fingerprint density at radius 1 is 1.44 bits per heavy atom. The van der Waals surface area contributed by atoms with Crippen LogP contribution < -0.4 is 5.32 Å². The van der Waals surface area contributed by atoms with E-state index in [0.717, 1.165) is 14.7 Å². The average molecular weight is 221 g/mol. The van der Waals surface area contributed by atoms with Crippen molar-refractivity contribution in [2.75, 3.05) is 7.05 Å². The molecule has 0 aliphatic carbocycles. The molecule has 0 atom stereocenters. The maximum atomic E-state index is 14.1. The second-order valence-electron chi connectivity index (χ2n) is 3.81. The summed E-state index contributed by atoms with van der Waals surface area (Å²) in [6.07, 6.45) is 6.15. The van der Waals surface area contributed by atoms with Crippen LogP contribution in [0.25, 0.3) is 5.70 Å². The predicted molar refractivity (Wildman–Crippen MR) is 59.2 cm³/mol. The molecule has 0 radical (unpaired) electrons. The minimum Gasteiger partial charge on any atom is -0.395 e. The number of aromatic nitrogens is 1. The zero-order valence-electron chi connectivity index (χ0n) is 8.69. The number of nitrogens with one attached hydrogen (secondary N) is 1. The van der Waals surface area contributed by atoms with Crippen molar-refractivity contribution >= 4 is 18.9 Å². The Bertz CT molecular complexity index is 554. The number of halogens is 2. The van der Waals surface area contributed by atoms with Crippen LogP contribution in [0.3, 0.4) is 0 Å². The lowest BCUT2D eigenvalue weighted by Crippen LogP contribution is -2.49. The van der Waals surface area contributed by atoms with Gasteiger partial charge in [0.1, 0.15) is 11.9 Å². The highest BCUT2D eigenvalue weighted by Crippen LogP contribution is 2.32. The maximum absolute atomic E-state index is 14.1. The lowest BCUT2D eigenvalue weighted by atomic mass is 9.91. The van der Waals surface area contributed by atoms with Crippen LogP contribution in [-0.2, 0) is 0 Å². The fourth-order valence-electron chi connectivity index (χ4n) is 2.27. The van der Waals surface area contributed by atoms with Gasteiger partial charge in [-0.1, -0.05) is 0 Å². The molecule has 16 heavy (non-hydrogen) atoms. The van der Waals surface area contributed by atoms with Crippen LogP contribution in [0, 0.1) is 0 Å². The van der Waals surface area contributed by atoms with E-state index in [0.29, 0.717) is 11.4 Å². The third-order valence-electron chi connectivity index (χ3n) is 2.99. The lowest BCUT2D eigenvalue weighted by Gasteiger charge is -2.30. The topological polar surface area (TPSA) is 20.0 Å². The number of nitrogens with zero attached hydrogens (tertiary/aromatic N) is 2. The number of allylic oxidation sites excluding steroid dienone is 2. The highest BCUT2D eigenvalue weighted by atomic mass is 19.2. The Labute approximate surface area is 91.4 Å². The van der Waals surface area contributed by atoms with Gasteiger partial charge in [-0.3, -0.25) is 0 Å². The van der Waals surface area contributed by atoms with Gasteiger partial charge >= 0.3 is 6.97 Å². The standard InChI is InChI=1S/C10H10BF2N3/c1-14-10-8-4-2-6-15(8)11(12,13)16-7-3-5-9(10)16/h2-7,14H,1H3. The van der Waals surface area contributed by atoms with E-state index in [1.165, 1.54) is 12.4 Å². The van der Waals surface area contributed by atoms with Crippen LogP contribution >= 0.6 is 0 Å². The quantitative estimate of drug-likeness (QED) is 0.707. The first kappa shape index (κ1) is 9.39. The van der Waals surface area contributed by atoms with E-state index in [1.54, 1.807) is 31.3 Å². The number of hydrogen-bond acceptors (Lipinski definition) is 1. The summed E-state index contributed by atoms with van der Waals surface area (Å²) in [6.45, 7) is -3.75. The molecule has 3 heterocycles. The molecular formula is C10H10BF2N3. The summed E-state index contributed by atoms with van der Waals surface area (Å²) in [4.78, 5) is 0. The molecule has 0 amide bonds. The minimum atomic E-state index is -3.75. The number of fused-ring (bicyclic) bond motifs is 2. The molecule has 0 saturated carbocycles. The molecule has 1 aromatic heterocycles. The SMILES string of the molecule is CNC1=C2C=CC=[N+]2[B-](F)(F)n2cccc21. The molecule has 1 aromatic rings. The molecule has 0 bridgehead atoms. The van der Waals surface area contributed by atoms with Crippen LogP contribution in [-0.4, -0.2) is 29.2 Å². The van der Waals surface area contributed by atoms with E-state index in [4.69, 9.17) is 0 Å². The summed E-state index contributed by atoms with van der Waals surface area (Å²) >= 11 is 0. The molecule has 3 rings (SSSR count). The second-order valence-corrected chi connectivity index (χ2v) is 3.81. The van der Waals surface area contributed by atoms with Crippen LogP contribution in [0.2, 0.25) is 0 Å². The molecule has 0 fully saturated rings. The molecule has 3 nitrogen and oxygen atoms in total. The molecule has 0 aromatic carbocycles. The maximum Gasteiger partial charge on any atom is 0.737 e. The predicted octanol–water partition coefficient (Wildman–Crippen LogP) is 1.27. The van der Waals surface area contributed by atoms with E-state index in [-0.39, 0.29) is 0 Å². The van der Waals surface area contributed by atoms with Crippen molar-refractivity contribution in [3.8, 4) is 0 Å². The molecule has 0 unspecified atom stereocenters. The summed E-state index contributed by atoms with van der Waals surface area (Å²) in [6, 6.07) is 3.33. The Hall–Kier alpha value is -1.85. The van der Waals surface area contributed by atoms with Gasteiger partial charge in [-0.05, 0) is 18.3 Å². The van der Waals surface area contributed by atoms with Crippen LogP contribution in [0.5, 0.6) is 0 Å². The average Bonchev–Trinajstić information content (AvgIpc) is 2.85. The van der Waals surface area contributed by atoms with Crippen LogP contribution in [0.4, 0.5) is 8.63 Å². The van der Waals surface area contributed by atoms with Gasteiger partial charge in [0, 0.05) is 24.9 Å². The smallest absolute Gasteiger partial charge is 0.395 e. The Balaban J connectivity index is 2.35. The third-order valence-corrected chi connectivity index (χ3v) is 2.99. The van der Waals surface area contributed by atoms with Crippen molar-refractivity contribution in [1.82, 2.24) is 9.79 Å². The Kier molecular flexibility index (Phi) is 1.67. The summed E-state index contributed by atoms with van der Waals surface area (Å²) < 4.78 is 30.3. The molecular weight excluding hydrogens is 211 g/mol. The van der Waals surface area contributed by atoms with E-state index in [1.807, 2.05) is 0 Å². The first-order chi connectivity index (χ1) is 7.66. The number of hydrogen-bond donors (Lipinski definition) is 1. The van der Waals surface area contributed by atoms with E-state index < -0.39 is 6.97 Å². The molecule has 2 aliphatic rings. The summed E-state index contributed by atoms with van der Waals surface area (Å²) in [5.74, 6) is 0. The van der Waals surface area contributed by atoms with Crippen molar-refractivity contribution in [2.24, 2.45) is 0 Å². The van der Waals surface area contributed by atoms with Crippen molar-refractivity contribution in [3.63, 3.8) is 0 Å². The molecule has 0 spiro atoms. The van der Waals surface area contributed by atoms with Gasteiger partial charge in [0.05, 0.1) is 0 Å². The first-order valence-corrected chi connectivity index (χ1v) is 5.08. The van der Waals surface area contributed by atoms with Crippen molar-refractivity contribution < 1.29 is 13.1 Å². The van der Waals surface area contributed by atoms with Gasteiger partial charge in [-0.2, -0.15) is 0 Å². The molecule has 2 aliphatic heterocycles. The van der Waals surface area contributed by atoms with E-state index in [9.17, 15) is 8.63 Å². The van der Waals surface area contributed by atoms with Gasteiger partial charge in [0.15, 0.2) is 5.70 Å². The van der Waals surface area contributed by atoms with Crippen molar-refractivity contribution in [1.29, 1.82) is 0 Å². The largest absolute Gasteiger partial charge is 0.737 e. The van der Waals surface area contributed by atoms with Gasteiger partial charge in [-0.25, -0.2) is 0 Å². The zero-order chi connectivity index (χ0) is 11.3. The van der Waals surface area contributed by atoms with Crippen LogP contribution in [0.1, 0.15) is 5.69 Å². The Morgan fingerprint density at radius 3 is 3.00 bits per heavy atom. The van der Waals surface area contributed by atoms with Gasteiger partial charge < -0.3 is 22.9 Å². The fourth-order valence-corrected chi connectivity index (χ4v) is 2.27. The monoisotopic (exact) mass is 221 g/mol. The van der Waals surface area contributed by atoms with E-state index >= 15 is 0 Å². The Morgan fingerprint density at radius 2 is 2.25 bits per heavy atom. The summed E-state index contributed by atoms with van der Waals surface area (Å²) in [5.41, 5.74) is 1.78. The highest BCUT2D eigenvalue weighted by molar-refractivity contribution is 6.57. The van der Waals surface area contributed by atoms with Crippen molar-refractivity contribution in [2.45, 2.75) is 0 Å². The molecule has 6 heteroatoms. The minimum absolute atomic E-state index is 0.527. The van der Waals surface area contributed by atoms with Crippen molar-refractivity contribution in [3.05, 3.63) is 41.9 Å². The summed E-state index contributed by atoms with van der Waals surface area (Å²) in [5, 5.41) is 2.98. The fraction of sp³-hybridized carbons (Fsp3) is 0.100. The normalized spacial score (nSPS) is 20.6. The second kappa shape index (κ2) is 2.84. The third kappa shape index (κ3) is 0.938. The zero-order valence-corrected chi connectivity index (χ0v) is 8.69. The van der Waals surface area contributed by atoms with E-state index in [2.05, 4.69) is 5.32 Å². The summed E-state index contributed by atoms with van der Waals surface area (Å²) in [7, 11) is 1.74. The lowest BCUT2D eigenvalue weighted by molar-refractivity contribution is -0.356. The van der Waals surface area contributed by atoms with Gasteiger partial charge in [0.2, 0.25) is 0 Å². The number of rotatable bonds is 1. The first-order valence-electron chi connectivity index (χ1n) is 5.08. The molecule has 0 saturated heterocycles.